The number of oxazole rings is 1. The molecule has 1 aromatic carbocycles. The van der Waals surface area contributed by atoms with Gasteiger partial charge >= 0.3 is 0 Å². The molecule has 0 aliphatic carbocycles. The summed E-state index contributed by atoms with van der Waals surface area (Å²) in [6.07, 6.45) is 0.500. The van der Waals surface area contributed by atoms with E-state index in [2.05, 4.69) is 9.71 Å². The summed E-state index contributed by atoms with van der Waals surface area (Å²) >= 11 is 0. The van der Waals surface area contributed by atoms with Gasteiger partial charge in [-0.3, -0.25) is 0 Å². The fraction of sp³-hybridized carbons (Fsp3) is 0.400. The standard InChI is InChI=1S/C15H20N2O3S/c1-11-4-6-14(7-5-11)10-21(18,19)16-9-8-15-12(2)17-13(3)20-15/h4-7,16H,8-10H2,1-3H3. The number of nitrogens with one attached hydrogen (secondary N) is 1. The number of hydrogen-bond donors (Lipinski definition) is 1. The van der Waals surface area contributed by atoms with Crippen LogP contribution >= 0.6 is 0 Å². The molecule has 0 aliphatic rings. The molecule has 0 radical (unpaired) electrons. The fourth-order valence-electron chi connectivity index (χ4n) is 2.08. The van der Waals surface area contributed by atoms with E-state index in [0.29, 0.717) is 18.9 Å². The number of benzene rings is 1. The van der Waals surface area contributed by atoms with Crippen LogP contribution in [0.5, 0.6) is 0 Å². The molecule has 0 saturated heterocycles. The number of aryl methyl sites for hydroxylation is 3. The minimum atomic E-state index is -3.34. The molecule has 0 bridgehead atoms. The first-order chi connectivity index (χ1) is 9.85. The summed E-state index contributed by atoms with van der Waals surface area (Å²) < 4.78 is 32.0. The Labute approximate surface area is 125 Å². The van der Waals surface area contributed by atoms with Gasteiger partial charge in [0.15, 0.2) is 5.89 Å². The van der Waals surface area contributed by atoms with Crippen LogP contribution in [0.25, 0.3) is 0 Å². The van der Waals surface area contributed by atoms with Crippen LogP contribution in [0, 0.1) is 20.8 Å². The Balaban J connectivity index is 1.89. The Morgan fingerprint density at radius 3 is 2.38 bits per heavy atom. The topological polar surface area (TPSA) is 72.2 Å². The molecule has 6 heteroatoms. The Morgan fingerprint density at radius 2 is 1.81 bits per heavy atom. The minimum Gasteiger partial charge on any atom is -0.446 e. The molecule has 2 rings (SSSR count). The van der Waals surface area contributed by atoms with E-state index in [1.807, 2.05) is 38.1 Å². The predicted molar refractivity (Wildman–Crippen MR) is 81.5 cm³/mol. The lowest BCUT2D eigenvalue weighted by Gasteiger charge is -2.06. The molecule has 0 saturated carbocycles. The van der Waals surface area contributed by atoms with Crippen molar-refractivity contribution >= 4 is 10.0 Å². The largest absolute Gasteiger partial charge is 0.446 e. The van der Waals surface area contributed by atoms with Gasteiger partial charge < -0.3 is 4.42 Å². The zero-order chi connectivity index (χ0) is 15.5. The zero-order valence-electron chi connectivity index (χ0n) is 12.5. The molecular formula is C15H20N2O3S. The summed E-state index contributed by atoms with van der Waals surface area (Å²) in [5.41, 5.74) is 2.70. The first-order valence-corrected chi connectivity index (χ1v) is 8.47. The number of rotatable bonds is 6. The average Bonchev–Trinajstić information content (AvgIpc) is 2.70. The molecule has 1 aromatic heterocycles. The summed E-state index contributed by atoms with van der Waals surface area (Å²) in [5, 5.41) is 0. The van der Waals surface area contributed by atoms with Crippen molar-refractivity contribution in [2.45, 2.75) is 32.9 Å². The Morgan fingerprint density at radius 1 is 1.14 bits per heavy atom. The van der Waals surface area contributed by atoms with Gasteiger partial charge in [0.1, 0.15) is 5.76 Å². The van der Waals surface area contributed by atoms with Crippen molar-refractivity contribution in [3.8, 4) is 0 Å². The highest BCUT2D eigenvalue weighted by Crippen LogP contribution is 2.10. The van der Waals surface area contributed by atoms with Gasteiger partial charge in [-0.2, -0.15) is 0 Å². The predicted octanol–water partition coefficient (Wildman–Crippen LogP) is 2.26. The third kappa shape index (κ3) is 4.68. The first-order valence-electron chi connectivity index (χ1n) is 6.81. The highest BCUT2D eigenvalue weighted by molar-refractivity contribution is 7.88. The van der Waals surface area contributed by atoms with Crippen molar-refractivity contribution in [3.63, 3.8) is 0 Å². The SMILES string of the molecule is Cc1ccc(CS(=O)(=O)NCCc2oc(C)nc2C)cc1. The maximum absolute atomic E-state index is 12.0. The van der Waals surface area contributed by atoms with Gasteiger partial charge in [-0.25, -0.2) is 18.1 Å². The van der Waals surface area contributed by atoms with Crippen LogP contribution in [0.1, 0.15) is 28.5 Å². The van der Waals surface area contributed by atoms with E-state index in [9.17, 15) is 8.42 Å². The van der Waals surface area contributed by atoms with E-state index >= 15 is 0 Å². The van der Waals surface area contributed by atoms with Crippen LogP contribution in [0.3, 0.4) is 0 Å². The molecule has 0 aliphatic heterocycles. The van der Waals surface area contributed by atoms with E-state index < -0.39 is 10.0 Å². The molecule has 1 heterocycles. The molecule has 2 aromatic rings. The summed E-state index contributed by atoms with van der Waals surface area (Å²) in [6, 6.07) is 7.48. The van der Waals surface area contributed by atoms with E-state index in [-0.39, 0.29) is 5.75 Å². The van der Waals surface area contributed by atoms with E-state index in [0.717, 1.165) is 22.6 Å². The molecular weight excluding hydrogens is 288 g/mol. The van der Waals surface area contributed by atoms with Crippen molar-refractivity contribution in [2.75, 3.05) is 6.54 Å². The van der Waals surface area contributed by atoms with Crippen molar-refractivity contribution < 1.29 is 12.8 Å². The number of hydrogen-bond acceptors (Lipinski definition) is 4. The van der Waals surface area contributed by atoms with E-state index in [1.54, 1.807) is 6.92 Å². The Hall–Kier alpha value is -1.66. The average molecular weight is 308 g/mol. The highest BCUT2D eigenvalue weighted by Gasteiger charge is 2.12. The molecule has 114 valence electrons. The molecule has 0 atom stereocenters. The smallest absolute Gasteiger partial charge is 0.215 e. The van der Waals surface area contributed by atoms with Crippen molar-refractivity contribution in [1.82, 2.24) is 9.71 Å². The van der Waals surface area contributed by atoms with Gasteiger partial charge in [0.2, 0.25) is 10.0 Å². The number of nitrogens with zero attached hydrogens (tertiary/aromatic N) is 1. The summed E-state index contributed by atoms with van der Waals surface area (Å²) in [5.74, 6) is 1.32. The zero-order valence-corrected chi connectivity index (χ0v) is 13.3. The van der Waals surface area contributed by atoms with Gasteiger partial charge in [-0.15, -0.1) is 0 Å². The van der Waals surface area contributed by atoms with Crippen LogP contribution in [0.4, 0.5) is 0 Å². The van der Waals surface area contributed by atoms with E-state index in [1.165, 1.54) is 0 Å². The van der Waals surface area contributed by atoms with Crippen LogP contribution in [0.15, 0.2) is 28.7 Å². The van der Waals surface area contributed by atoms with Crippen LogP contribution in [0.2, 0.25) is 0 Å². The quantitative estimate of drug-likeness (QED) is 0.888. The number of sulfonamides is 1. The summed E-state index contributed by atoms with van der Waals surface area (Å²) in [7, 11) is -3.34. The summed E-state index contributed by atoms with van der Waals surface area (Å²) in [4.78, 5) is 4.16. The second-order valence-electron chi connectivity index (χ2n) is 5.13. The lowest BCUT2D eigenvalue weighted by molar-refractivity contribution is 0.472. The minimum absolute atomic E-state index is 0.0122. The molecule has 0 fully saturated rings. The van der Waals surface area contributed by atoms with Crippen molar-refractivity contribution in [3.05, 3.63) is 52.7 Å². The number of aromatic nitrogens is 1. The van der Waals surface area contributed by atoms with Crippen molar-refractivity contribution in [2.24, 2.45) is 0 Å². The van der Waals surface area contributed by atoms with Gasteiger partial charge in [-0.1, -0.05) is 29.8 Å². The summed E-state index contributed by atoms with van der Waals surface area (Å²) in [6.45, 7) is 5.91. The third-order valence-corrected chi connectivity index (χ3v) is 4.51. The fourth-order valence-corrected chi connectivity index (χ4v) is 3.23. The molecule has 0 amide bonds. The maximum Gasteiger partial charge on any atom is 0.215 e. The van der Waals surface area contributed by atoms with Crippen molar-refractivity contribution in [1.29, 1.82) is 0 Å². The third-order valence-electron chi connectivity index (χ3n) is 3.15. The molecule has 5 nitrogen and oxygen atoms in total. The Kier molecular flexibility index (Phi) is 4.80. The maximum atomic E-state index is 12.0. The van der Waals surface area contributed by atoms with Gasteiger partial charge in [-0.05, 0) is 19.4 Å². The second kappa shape index (κ2) is 6.41. The lowest BCUT2D eigenvalue weighted by atomic mass is 10.2. The molecule has 1 N–H and O–H groups in total. The van der Waals surface area contributed by atoms with Crippen LogP contribution in [-0.2, 0) is 22.2 Å². The first kappa shape index (κ1) is 15.7. The van der Waals surface area contributed by atoms with Gasteiger partial charge in [0, 0.05) is 19.9 Å². The van der Waals surface area contributed by atoms with E-state index in [4.69, 9.17) is 4.42 Å². The van der Waals surface area contributed by atoms with Gasteiger partial charge in [0.05, 0.1) is 11.4 Å². The molecule has 0 spiro atoms. The molecule has 21 heavy (non-hydrogen) atoms. The monoisotopic (exact) mass is 308 g/mol. The lowest BCUT2D eigenvalue weighted by Crippen LogP contribution is -2.27. The highest BCUT2D eigenvalue weighted by atomic mass is 32.2. The van der Waals surface area contributed by atoms with Gasteiger partial charge in [0.25, 0.3) is 0 Å². The normalized spacial score (nSPS) is 11.8. The Bertz CT molecular complexity index is 703. The second-order valence-corrected chi connectivity index (χ2v) is 6.94. The molecule has 0 unspecified atom stereocenters. The van der Waals surface area contributed by atoms with Crippen LogP contribution in [-0.4, -0.2) is 19.9 Å². The van der Waals surface area contributed by atoms with Crippen LogP contribution < -0.4 is 4.72 Å².